The molecular formula is C6H15Cl2NSi. The molecular weight excluding hydrogens is 185 g/mol. The highest BCUT2D eigenvalue weighted by Crippen LogP contribution is 2.23. The van der Waals surface area contributed by atoms with Crippen molar-refractivity contribution in [3.63, 3.8) is 0 Å². The molecule has 0 heterocycles. The predicted molar refractivity (Wildman–Crippen MR) is 51.0 cm³/mol. The minimum absolute atomic E-state index is 0.560. The molecule has 0 fully saturated rings. The summed E-state index contributed by atoms with van der Waals surface area (Å²) in [4.78, 5) is 0. The molecule has 0 spiro atoms. The van der Waals surface area contributed by atoms with E-state index in [1.54, 1.807) is 0 Å². The van der Waals surface area contributed by atoms with E-state index in [0.717, 1.165) is 19.0 Å². The van der Waals surface area contributed by atoms with E-state index in [9.17, 15) is 0 Å². The van der Waals surface area contributed by atoms with Crippen LogP contribution in [0.3, 0.4) is 0 Å². The molecule has 0 aromatic carbocycles. The largest absolute Gasteiger partial charge is 0.330 e. The number of nitrogens with two attached hydrogens (primary N) is 1. The van der Waals surface area contributed by atoms with E-state index >= 15 is 0 Å². The van der Waals surface area contributed by atoms with Gasteiger partial charge < -0.3 is 5.73 Å². The summed E-state index contributed by atoms with van der Waals surface area (Å²) in [6.45, 7) is 2.95. The zero-order valence-corrected chi connectivity index (χ0v) is 9.04. The molecule has 0 saturated heterocycles. The normalized spacial score (nSPS) is 15.3. The second kappa shape index (κ2) is 4.60. The van der Waals surface area contributed by atoms with Crippen LogP contribution in [-0.2, 0) is 0 Å². The standard InChI is InChI=1S/C6H15Cl2NSi/c1-6(5-9)3-4-10(2,7)8/h6H,3-5,9H2,1-2H3. The smallest absolute Gasteiger partial charge is 0.248 e. The molecule has 0 aromatic heterocycles. The lowest BCUT2D eigenvalue weighted by atomic mass is 10.1. The van der Waals surface area contributed by atoms with E-state index in [4.69, 9.17) is 27.9 Å². The van der Waals surface area contributed by atoms with Gasteiger partial charge in [0.15, 0.2) is 0 Å². The Morgan fingerprint density at radius 2 is 2.00 bits per heavy atom. The fourth-order valence-corrected chi connectivity index (χ4v) is 2.27. The zero-order valence-electron chi connectivity index (χ0n) is 6.53. The van der Waals surface area contributed by atoms with Crippen molar-refractivity contribution >= 4 is 28.9 Å². The molecule has 62 valence electrons. The van der Waals surface area contributed by atoms with Gasteiger partial charge in [0.1, 0.15) is 0 Å². The lowest BCUT2D eigenvalue weighted by Gasteiger charge is -2.12. The van der Waals surface area contributed by atoms with Gasteiger partial charge in [0.25, 0.3) is 0 Å². The fourth-order valence-electron chi connectivity index (χ4n) is 0.618. The first kappa shape index (κ1) is 10.8. The molecule has 1 nitrogen and oxygen atoms in total. The molecule has 1 unspecified atom stereocenters. The van der Waals surface area contributed by atoms with Crippen molar-refractivity contribution in [2.45, 2.75) is 25.9 Å². The Labute approximate surface area is 73.3 Å². The first-order valence-corrected chi connectivity index (χ1v) is 8.26. The van der Waals surface area contributed by atoms with Crippen molar-refractivity contribution in [3.8, 4) is 0 Å². The maximum Gasteiger partial charge on any atom is 0.248 e. The summed E-state index contributed by atoms with van der Waals surface area (Å²) in [5.41, 5.74) is 5.43. The average molecular weight is 200 g/mol. The topological polar surface area (TPSA) is 26.0 Å². The SMILES string of the molecule is CC(CN)CC[Si](C)(Cl)Cl. The highest BCUT2D eigenvalue weighted by molar-refractivity contribution is 7.44. The van der Waals surface area contributed by atoms with E-state index in [2.05, 4.69) is 6.92 Å². The monoisotopic (exact) mass is 199 g/mol. The van der Waals surface area contributed by atoms with Gasteiger partial charge in [-0.25, -0.2) is 0 Å². The molecule has 0 amide bonds. The molecule has 0 aliphatic carbocycles. The minimum Gasteiger partial charge on any atom is -0.330 e. The van der Waals surface area contributed by atoms with Crippen LogP contribution in [0.4, 0.5) is 0 Å². The van der Waals surface area contributed by atoms with Crippen LogP contribution in [0.5, 0.6) is 0 Å². The Morgan fingerprint density at radius 1 is 1.50 bits per heavy atom. The maximum atomic E-state index is 5.90. The van der Waals surface area contributed by atoms with Gasteiger partial charge in [0.2, 0.25) is 6.69 Å². The minimum atomic E-state index is -1.85. The Morgan fingerprint density at radius 3 is 2.30 bits per heavy atom. The molecule has 0 radical (unpaired) electrons. The maximum absolute atomic E-state index is 5.90. The molecule has 0 bridgehead atoms. The Balaban J connectivity index is 3.36. The third-order valence-corrected chi connectivity index (χ3v) is 3.78. The van der Waals surface area contributed by atoms with Crippen molar-refractivity contribution in [3.05, 3.63) is 0 Å². The lowest BCUT2D eigenvalue weighted by Crippen LogP contribution is -2.17. The summed E-state index contributed by atoms with van der Waals surface area (Å²) in [6, 6.07) is 0.953. The quantitative estimate of drug-likeness (QED) is 0.547. The van der Waals surface area contributed by atoms with E-state index in [1.807, 2.05) is 6.55 Å². The third kappa shape index (κ3) is 6.87. The van der Waals surface area contributed by atoms with E-state index < -0.39 is 6.69 Å². The van der Waals surface area contributed by atoms with Crippen molar-refractivity contribution < 1.29 is 0 Å². The first-order chi connectivity index (χ1) is 4.45. The van der Waals surface area contributed by atoms with E-state index in [0.29, 0.717) is 5.92 Å². The summed E-state index contributed by atoms with van der Waals surface area (Å²) >= 11 is 11.8. The summed E-state index contributed by atoms with van der Waals surface area (Å²) < 4.78 is 0. The number of rotatable bonds is 4. The lowest BCUT2D eigenvalue weighted by molar-refractivity contribution is 0.573. The van der Waals surface area contributed by atoms with Crippen molar-refractivity contribution in [1.29, 1.82) is 0 Å². The second-order valence-corrected chi connectivity index (χ2v) is 11.2. The Bertz CT molecular complexity index is 92.2. The summed E-state index contributed by atoms with van der Waals surface area (Å²) in [7, 11) is 0. The van der Waals surface area contributed by atoms with Crippen LogP contribution >= 0.6 is 22.2 Å². The molecule has 0 aliphatic rings. The first-order valence-electron chi connectivity index (χ1n) is 3.53. The third-order valence-electron chi connectivity index (χ3n) is 1.48. The van der Waals surface area contributed by atoms with Gasteiger partial charge in [-0.3, -0.25) is 0 Å². The van der Waals surface area contributed by atoms with Gasteiger partial charge >= 0.3 is 0 Å². The molecule has 0 aliphatic heterocycles. The van der Waals surface area contributed by atoms with Crippen LogP contribution in [0, 0.1) is 5.92 Å². The number of hydrogen-bond acceptors (Lipinski definition) is 1. The highest BCUT2D eigenvalue weighted by atomic mass is 35.7. The average Bonchev–Trinajstić information content (AvgIpc) is 1.81. The molecule has 2 N–H and O–H groups in total. The van der Waals surface area contributed by atoms with Crippen LogP contribution in [0.1, 0.15) is 13.3 Å². The van der Waals surface area contributed by atoms with Crippen molar-refractivity contribution in [2.75, 3.05) is 6.54 Å². The van der Waals surface area contributed by atoms with Crippen molar-refractivity contribution in [1.82, 2.24) is 0 Å². The molecule has 0 saturated carbocycles. The van der Waals surface area contributed by atoms with Crippen LogP contribution in [0.2, 0.25) is 12.6 Å². The van der Waals surface area contributed by atoms with Crippen LogP contribution in [-0.4, -0.2) is 13.2 Å². The summed E-state index contributed by atoms with van der Waals surface area (Å²) in [6.07, 6.45) is 1.06. The van der Waals surface area contributed by atoms with Crippen LogP contribution < -0.4 is 5.73 Å². The van der Waals surface area contributed by atoms with Gasteiger partial charge in [0.05, 0.1) is 0 Å². The van der Waals surface area contributed by atoms with Gasteiger partial charge in [-0.1, -0.05) is 6.92 Å². The molecule has 0 rings (SSSR count). The highest BCUT2D eigenvalue weighted by Gasteiger charge is 2.20. The van der Waals surface area contributed by atoms with Crippen LogP contribution in [0.25, 0.3) is 0 Å². The van der Waals surface area contributed by atoms with Gasteiger partial charge in [-0.05, 0) is 31.5 Å². The summed E-state index contributed by atoms with van der Waals surface area (Å²) in [5.74, 6) is 0.560. The molecule has 4 heteroatoms. The van der Waals surface area contributed by atoms with E-state index in [1.165, 1.54) is 0 Å². The van der Waals surface area contributed by atoms with Gasteiger partial charge in [0, 0.05) is 0 Å². The number of halogens is 2. The van der Waals surface area contributed by atoms with Crippen LogP contribution in [0.15, 0.2) is 0 Å². The second-order valence-electron chi connectivity index (χ2n) is 2.95. The molecule has 10 heavy (non-hydrogen) atoms. The fraction of sp³-hybridized carbons (Fsp3) is 1.00. The van der Waals surface area contributed by atoms with Crippen molar-refractivity contribution in [2.24, 2.45) is 11.7 Å². The molecule has 1 atom stereocenters. The zero-order chi connectivity index (χ0) is 8.20. The summed E-state index contributed by atoms with van der Waals surface area (Å²) in [5, 5.41) is 0. The Kier molecular flexibility index (Phi) is 4.95. The van der Waals surface area contributed by atoms with E-state index in [-0.39, 0.29) is 0 Å². The Hall–Kier alpha value is 0.757. The molecule has 0 aromatic rings. The van der Waals surface area contributed by atoms with Gasteiger partial charge in [-0.2, -0.15) is 0 Å². The number of hydrogen-bond donors (Lipinski definition) is 1. The predicted octanol–water partition coefficient (Wildman–Crippen LogP) is 2.52. The van der Waals surface area contributed by atoms with Gasteiger partial charge in [-0.15, -0.1) is 22.2 Å².